The van der Waals surface area contributed by atoms with Gasteiger partial charge in [-0.15, -0.1) is 12.4 Å². The molecule has 0 aromatic carbocycles. The van der Waals surface area contributed by atoms with Crippen LogP contribution in [0.4, 0.5) is 4.79 Å². The molecule has 1 saturated heterocycles. The molecule has 5 N–H and O–H groups in total. The standard InChI is InChI=1S/C11H22N4O2.ClH/c1-8(12)9-2-5-15(6-3-9)7-4-10(16)14-11(13)17;/h8-9H,2-7,12H2,1H3,(H3,13,14,16,17);1H. The molecule has 0 saturated carbocycles. The van der Waals surface area contributed by atoms with E-state index in [0.717, 1.165) is 25.9 Å². The third-order valence-corrected chi connectivity index (χ3v) is 3.29. The molecular weight excluding hydrogens is 256 g/mol. The summed E-state index contributed by atoms with van der Waals surface area (Å²) in [5.74, 6) is 0.275. The zero-order valence-corrected chi connectivity index (χ0v) is 11.5. The minimum Gasteiger partial charge on any atom is -0.351 e. The van der Waals surface area contributed by atoms with Crippen molar-refractivity contribution in [3.05, 3.63) is 0 Å². The Balaban J connectivity index is 0.00000289. The third-order valence-electron chi connectivity index (χ3n) is 3.29. The predicted octanol–water partition coefficient (Wildman–Crippen LogP) is 0.0524. The number of amides is 3. The lowest BCUT2D eigenvalue weighted by atomic mass is 9.91. The molecule has 18 heavy (non-hydrogen) atoms. The van der Waals surface area contributed by atoms with Crippen molar-refractivity contribution in [1.82, 2.24) is 10.2 Å². The zero-order valence-electron chi connectivity index (χ0n) is 10.7. The van der Waals surface area contributed by atoms with Gasteiger partial charge in [-0.25, -0.2) is 4.79 Å². The highest BCUT2D eigenvalue weighted by molar-refractivity contribution is 5.93. The van der Waals surface area contributed by atoms with Crippen LogP contribution in [0.25, 0.3) is 0 Å². The van der Waals surface area contributed by atoms with Crippen molar-refractivity contribution in [2.24, 2.45) is 17.4 Å². The Bertz CT molecular complexity index is 278. The molecule has 1 unspecified atom stereocenters. The fourth-order valence-corrected chi connectivity index (χ4v) is 2.16. The summed E-state index contributed by atoms with van der Waals surface area (Å²) >= 11 is 0. The van der Waals surface area contributed by atoms with Gasteiger partial charge in [-0.3, -0.25) is 10.1 Å². The first-order valence-electron chi connectivity index (χ1n) is 6.06. The van der Waals surface area contributed by atoms with Gasteiger partial charge in [-0.05, 0) is 38.8 Å². The molecule has 1 heterocycles. The van der Waals surface area contributed by atoms with Crippen molar-refractivity contribution in [3.63, 3.8) is 0 Å². The minimum absolute atomic E-state index is 0. The second kappa shape index (κ2) is 8.29. The molecule has 0 radical (unpaired) electrons. The highest BCUT2D eigenvalue weighted by Crippen LogP contribution is 2.19. The molecule has 0 aromatic heterocycles. The third kappa shape index (κ3) is 6.18. The monoisotopic (exact) mass is 278 g/mol. The molecule has 0 bridgehead atoms. The quantitative estimate of drug-likeness (QED) is 0.676. The van der Waals surface area contributed by atoms with Crippen molar-refractivity contribution in [2.75, 3.05) is 19.6 Å². The van der Waals surface area contributed by atoms with Gasteiger partial charge < -0.3 is 16.4 Å². The van der Waals surface area contributed by atoms with E-state index in [9.17, 15) is 9.59 Å². The molecule has 1 fully saturated rings. The fraction of sp³-hybridized carbons (Fsp3) is 0.818. The number of nitrogens with zero attached hydrogens (tertiary/aromatic N) is 1. The molecule has 106 valence electrons. The molecule has 3 amide bonds. The van der Waals surface area contributed by atoms with Gasteiger partial charge in [0.15, 0.2) is 0 Å². The molecule has 1 aliphatic heterocycles. The summed E-state index contributed by atoms with van der Waals surface area (Å²) in [6, 6.07) is -0.541. The second-order valence-corrected chi connectivity index (χ2v) is 4.70. The maximum atomic E-state index is 11.2. The van der Waals surface area contributed by atoms with Crippen LogP contribution in [0.5, 0.6) is 0 Å². The van der Waals surface area contributed by atoms with Crippen molar-refractivity contribution in [3.8, 4) is 0 Å². The molecule has 0 aliphatic carbocycles. The zero-order chi connectivity index (χ0) is 12.8. The number of carbonyl (C=O) groups excluding carboxylic acids is 2. The summed E-state index contributed by atoms with van der Waals surface area (Å²) in [4.78, 5) is 23.9. The number of nitrogens with one attached hydrogen (secondary N) is 1. The number of piperidine rings is 1. The number of urea groups is 1. The molecule has 6 nitrogen and oxygen atoms in total. The first-order chi connectivity index (χ1) is 7.99. The molecule has 1 atom stereocenters. The summed E-state index contributed by atoms with van der Waals surface area (Å²) in [5.41, 5.74) is 10.7. The second-order valence-electron chi connectivity index (χ2n) is 4.70. The minimum atomic E-state index is -0.786. The van der Waals surface area contributed by atoms with Crippen molar-refractivity contribution >= 4 is 24.3 Å². The van der Waals surface area contributed by atoms with E-state index < -0.39 is 6.03 Å². The van der Waals surface area contributed by atoms with Crippen LogP contribution in [-0.2, 0) is 4.79 Å². The number of imide groups is 1. The van der Waals surface area contributed by atoms with E-state index in [-0.39, 0.29) is 24.4 Å². The SMILES string of the molecule is CC(N)C1CCN(CCC(=O)NC(N)=O)CC1.Cl. The Morgan fingerprint density at radius 1 is 1.39 bits per heavy atom. The number of carbonyl (C=O) groups is 2. The summed E-state index contributed by atoms with van der Waals surface area (Å²) in [6.07, 6.45) is 2.47. The number of primary amides is 1. The Morgan fingerprint density at radius 3 is 2.39 bits per heavy atom. The summed E-state index contributed by atoms with van der Waals surface area (Å²) in [6.45, 7) is 4.65. The Labute approximate surface area is 114 Å². The van der Waals surface area contributed by atoms with Crippen LogP contribution in [0.1, 0.15) is 26.2 Å². The Kier molecular flexibility index (Phi) is 7.90. The van der Waals surface area contributed by atoms with Crippen molar-refractivity contribution in [2.45, 2.75) is 32.2 Å². The number of likely N-dealkylation sites (tertiary alicyclic amines) is 1. The van der Waals surface area contributed by atoms with Crippen LogP contribution >= 0.6 is 12.4 Å². The van der Waals surface area contributed by atoms with Gasteiger partial charge in [0.2, 0.25) is 5.91 Å². The molecule has 0 spiro atoms. The Hall–Kier alpha value is -0.850. The van der Waals surface area contributed by atoms with E-state index in [0.29, 0.717) is 18.9 Å². The topological polar surface area (TPSA) is 101 Å². The van der Waals surface area contributed by atoms with Gasteiger partial charge in [0.25, 0.3) is 0 Å². The van der Waals surface area contributed by atoms with Crippen molar-refractivity contribution in [1.29, 1.82) is 0 Å². The molecule has 1 aliphatic rings. The fourth-order valence-electron chi connectivity index (χ4n) is 2.16. The van der Waals surface area contributed by atoms with E-state index in [1.165, 1.54) is 0 Å². The van der Waals surface area contributed by atoms with Gasteiger partial charge in [0.1, 0.15) is 0 Å². The predicted molar refractivity (Wildman–Crippen MR) is 72.4 cm³/mol. The van der Waals surface area contributed by atoms with Gasteiger partial charge >= 0.3 is 6.03 Å². The van der Waals surface area contributed by atoms with Gasteiger partial charge in [-0.2, -0.15) is 0 Å². The molecule has 1 rings (SSSR count). The number of nitrogens with two attached hydrogens (primary N) is 2. The van der Waals surface area contributed by atoms with Gasteiger partial charge in [-0.1, -0.05) is 0 Å². The smallest absolute Gasteiger partial charge is 0.318 e. The molecular formula is C11H23ClN4O2. The van der Waals surface area contributed by atoms with Crippen LogP contribution in [-0.4, -0.2) is 42.5 Å². The van der Waals surface area contributed by atoms with E-state index >= 15 is 0 Å². The summed E-state index contributed by atoms with van der Waals surface area (Å²) in [7, 11) is 0. The average Bonchev–Trinajstić information content (AvgIpc) is 2.26. The van der Waals surface area contributed by atoms with Crippen LogP contribution in [0.2, 0.25) is 0 Å². The molecule has 7 heteroatoms. The normalized spacial score (nSPS) is 18.8. The van der Waals surface area contributed by atoms with Gasteiger partial charge in [0, 0.05) is 19.0 Å². The largest absolute Gasteiger partial charge is 0.351 e. The van der Waals surface area contributed by atoms with Gasteiger partial charge in [0.05, 0.1) is 0 Å². The summed E-state index contributed by atoms with van der Waals surface area (Å²) in [5, 5.41) is 2.06. The maximum absolute atomic E-state index is 11.2. The first-order valence-corrected chi connectivity index (χ1v) is 6.06. The van der Waals surface area contributed by atoms with E-state index in [1.807, 2.05) is 6.92 Å². The lowest BCUT2D eigenvalue weighted by Crippen LogP contribution is -2.42. The highest BCUT2D eigenvalue weighted by atomic mass is 35.5. The summed E-state index contributed by atoms with van der Waals surface area (Å²) < 4.78 is 0. The van der Waals surface area contributed by atoms with Crippen LogP contribution in [0.15, 0.2) is 0 Å². The first kappa shape index (κ1) is 17.2. The lowest BCUT2D eigenvalue weighted by Gasteiger charge is -2.33. The van der Waals surface area contributed by atoms with Crippen LogP contribution in [0, 0.1) is 5.92 Å². The Morgan fingerprint density at radius 2 is 1.94 bits per heavy atom. The lowest BCUT2D eigenvalue weighted by molar-refractivity contribution is -0.120. The number of rotatable bonds is 4. The van der Waals surface area contributed by atoms with Crippen LogP contribution in [0.3, 0.4) is 0 Å². The van der Waals surface area contributed by atoms with E-state index in [4.69, 9.17) is 11.5 Å². The highest BCUT2D eigenvalue weighted by Gasteiger charge is 2.21. The molecule has 0 aromatic rings. The average molecular weight is 279 g/mol. The van der Waals surface area contributed by atoms with E-state index in [2.05, 4.69) is 10.2 Å². The maximum Gasteiger partial charge on any atom is 0.318 e. The number of hydrogen-bond acceptors (Lipinski definition) is 4. The number of hydrogen-bond donors (Lipinski definition) is 3. The van der Waals surface area contributed by atoms with E-state index in [1.54, 1.807) is 0 Å². The number of halogens is 1. The van der Waals surface area contributed by atoms with Crippen molar-refractivity contribution < 1.29 is 9.59 Å². The van der Waals surface area contributed by atoms with Crippen LogP contribution < -0.4 is 16.8 Å².